The van der Waals surface area contributed by atoms with Gasteiger partial charge in [-0.15, -0.1) is 0 Å². The number of ketones is 1. The third-order valence-corrected chi connectivity index (χ3v) is 2.55. The average Bonchev–Trinajstić information content (AvgIpc) is 2.25. The molecule has 0 unspecified atom stereocenters. The van der Waals surface area contributed by atoms with Crippen molar-refractivity contribution in [3.05, 3.63) is 29.3 Å². The molecule has 0 radical (unpaired) electrons. The molecule has 0 aliphatic carbocycles. The summed E-state index contributed by atoms with van der Waals surface area (Å²) in [4.78, 5) is 11.7. The van der Waals surface area contributed by atoms with Gasteiger partial charge in [-0.1, -0.05) is 26.8 Å². The maximum atomic E-state index is 11.7. The van der Waals surface area contributed by atoms with Crippen LogP contribution in [0.25, 0.3) is 0 Å². The lowest BCUT2D eigenvalue weighted by Gasteiger charge is -2.20. The minimum Gasteiger partial charge on any atom is -0.496 e. The summed E-state index contributed by atoms with van der Waals surface area (Å²) in [5.41, 5.74) is 7.06. The third-order valence-electron chi connectivity index (χ3n) is 2.55. The van der Waals surface area contributed by atoms with E-state index in [1.54, 1.807) is 7.11 Å². The fourth-order valence-electron chi connectivity index (χ4n) is 1.50. The standard InChI is InChI=1S/C13H19NO2/c1-13(2,3)9-5-6-12(16-4)10(7-9)11(15)8-14/h5-7H,8,14H2,1-4H3. The second-order valence-electron chi connectivity index (χ2n) is 4.79. The molecule has 0 aliphatic heterocycles. The van der Waals surface area contributed by atoms with E-state index in [1.165, 1.54) is 0 Å². The monoisotopic (exact) mass is 221 g/mol. The molecule has 16 heavy (non-hydrogen) atoms. The van der Waals surface area contributed by atoms with E-state index < -0.39 is 0 Å². The fraction of sp³-hybridized carbons (Fsp3) is 0.462. The molecule has 0 saturated heterocycles. The van der Waals surface area contributed by atoms with Crippen LogP contribution in [-0.2, 0) is 5.41 Å². The quantitative estimate of drug-likeness (QED) is 0.795. The van der Waals surface area contributed by atoms with Gasteiger partial charge in [0, 0.05) is 0 Å². The van der Waals surface area contributed by atoms with Crippen LogP contribution in [0.1, 0.15) is 36.7 Å². The number of benzene rings is 1. The number of ether oxygens (including phenoxy) is 1. The van der Waals surface area contributed by atoms with Crippen LogP contribution in [0.15, 0.2) is 18.2 Å². The molecule has 1 rings (SSSR count). The number of Topliss-reactive ketones (excluding diaryl/α,β-unsaturated/α-hetero) is 1. The number of nitrogens with two attached hydrogens (primary N) is 1. The van der Waals surface area contributed by atoms with Crippen molar-refractivity contribution in [2.24, 2.45) is 5.73 Å². The zero-order valence-corrected chi connectivity index (χ0v) is 10.3. The predicted octanol–water partition coefficient (Wildman–Crippen LogP) is 2.13. The highest BCUT2D eigenvalue weighted by Gasteiger charge is 2.18. The molecule has 0 spiro atoms. The second-order valence-corrected chi connectivity index (χ2v) is 4.79. The van der Waals surface area contributed by atoms with Gasteiger partial charge in [-0.3, -0.25) is 4.79 Å². The van der Waals surface area contributed by atoms with Crippen molar-refractivity contribution in [1.82, 2.24) is 0 Å². The maximum absolute atomic E-state index is 11.7. The van der Waals surface area contributed by atoms with Gasteiger partial charge in [-0.2, -0.15) is 0 Å². The van der Waals surface area contributed by atoms with Crippen molar-refractivity contribution in [3.63, 3.8) is 0 Å². The van der Waals surface area contributed by atoms with Crippen molar-refractivity contribution < 1.29 is 9.53 Å². The third kappa shape index (κ3) is 2.61. The van der Waals surface area contributed by atoms with E-state index >= 15 is 0 Å². The molecule has 1 aromatic carbocycles. The van der Waals surface area contributed by atoms with Crippen molar-refractivity contribution in [2.75, 3.05) is 13.7 Å². The van der Waals surface area contributed by atoms with E-state index in [9.17, 15) is 4.79 Å². The summed E-state index contributed by atoms with van der Waals surface area (Å²) in [6.07, 6.45) is 0. The van der Waals surface area contributed by atoms with Crippen LogP contribution in [0.4, 0.5) is 0 Å². The highest BCUT2D eigenvalue weighted by atomic mass is 16.5. The number of carbonyl (C=O) groups is 1. The molecule has 3 nitrogen and oxygen atoms in total. The Bertz CT molecular complexity index is 391. The Hall–Kier alpha value is -1.35. The molecule has 0 atom stereocenters. The minimum absolute atomic E-state index is 0.00392. The Morgan fingerprint density at radius 3 is 2.44 bits per heavy atom. The number of hydrogen-bond acceptors (Lipinski definition) is 3. The highest BCUT2D eigenvalue weighted by Crippen LogP contribution is 2.28. The number of methoxy groups -OCH3 is 1. The highest BCUT2D eigenvalue weighted by molar-refractivity contribution is 6.00. The second kappa shape index (κ2) is 4.66. The molecule has 0 saturated carbocycles. The molecule has 0 fully saturated rings. The Labute approximate surface area is 96.6 Å². The molecule has 0 aliphatic rings. The Balaban J connectivity index is 3.27. The maximum Gasteiger partial charge on any atom is 0.180 e. The van der Waals surface area contributed by atoms with E-state index in [0.717, 1.165) is 5.56 Å². The summed E-state index contributed by atoms with van der Waals surface area (Å²) in [5.74, 6) is 0.492. The summed E-state index contributed by atoms with van der Waals surface area (Å²) < 4.78 is 5.16. The summed E-state index contributed by atoms with van der Waals surface area (Å²) in [7, 11) is 1.55. The Morgan fingerprint density at radius 1 is 1.38 bits per heavy atom. The first-order chi connectivity index (χ1) is 7.40. The largest absolute Gasteiger partial charge is 0.496 e. The normalized spacial score (nSPS) is 11.3. The minimum atomic E-state index is -0.0945. The van der Waals surface area contributed by atoms with Gasteiger partial charge in [0.15, 0.2) is 5.78 Å². The zero-order valence-electron chi connectivity index (χ0n) is 10.3. The first kappa shape index (κ1) is 12.7. The van der Waals surface area contributed by atoms with Gasteiger partial charge in [0.1, 0.15) is 5.75 Å². The van der Waals surface area contributed by atoms with Gasteiger partial charge < -0.3 is 10.5 Å². The van der Waals surface area contributed by atoms with Gasteiger partial charge in [0.2, 0.25) is 0 Å². The van der Waals surface area contributed by atoms with E-state index in [0.29, 0.717) is 11.3 Å². The lowest BCUT2D eigenvalue weighted by atomic mass is 9.85. The van der Waals surface area contributed by atoms with Crippen molar-refractivity contribution >= 4 is 5.78 Å². The van der Waals surface area contributed by atoms with E-state index in [4.69, 9.17) is 10.5 Å². The van der Waals surface area contributed by atoms with Crippen LogP contribution >= 0.6 is 0 Å². The molecular formula is C13H19NO2. The Morgan fingerprint density at radius 2 is 2.00 bits per heavy atom. The van der Waals surface area contributed by atoms with Crippen molar-refractivity contribution in [3.8, 4) is 5.75 Å². The zero-order chi connectivity index (χ0) is 12.3. The van der Waals surface area contributed by atoms with Gasteiger partial charge in [-0.05, 0) is 23.1 Å². The molecule has 0 aromatic heterocycles. The van der Waals surface area contributed by atoms with Gasteiger partial charge in [-0.25, -0.2) is 0 Å². The number of rotatable bonds is 3. The van der Waals surface area contributed by atoms with Gasteiger partial charge in [0.25, 0.3) is 0 Å². The van der Waals surface area contributed by atoms with Crippen LogP contribution < -0.4 is 10.5 Å². The summed E-state index contributed by atoms with van der Waals surface area (Å²) in [5, 5.41) is 0. The SMILES string of the molecule is COc1ccc(C(C)(C)C)cc1C(=O)CN. The molecule has 0 bridgehead atoms. The van der Waals surface area contributed by atoms with Crippen LogP contribution in [-0.4, -0.2) is 19.4 Å². The first-order valence-corrected chi connectivity index (χ1v) is 5.32. The lowest BCUT2D eigenvalue weighted by Crippen LogP contribution is -2.17. The molecule has 2 N–H and O–H groups in total. The van der Waals surface area contributed by atoms with Crippen LogP contribution in [0.5, 0.6) is 5.75 Å². The summed E-state index contributed by atoms with van der Waals surface area (Å²) >= 11 is 0. The summed E-state index contributed by atoms with van der Waals surface area (Å²) in [6.45, 7) is 6.31. The Kier molecular flexibility index (Phi) is 3.70. The fourth-order valence-corrected chi connectivity index (χ4v) is 1.50. The molecule has 0 amide bonds. The number of carbonyl (C=O) groups excluding carboxylic acids is 1. The first-order valence-electron chi connectivity index (χ1n) is 5.32. The van der Waals surface area contributed by atoms with Crippen LogP contribution in [0.2, 0.25) is 0 Å². The van der Waals surface area contributed by atoms with Crippen molar-refractivity contribution in [1.29, 1.82) is 0 Å². The van der Waals surface area contributed by atoms with Crippen molar-refractivity contribution in [2.45, 2.75) is 26.2 Å². The smallest absolute Gasteiger partial charge is 0.180 e. The molecule has 1 aromatic rings. The predicted molar refractivity (Wildman–Crippen MR) is 65.1 cm³/mol. The van der Waals surface area contributed by atoms with E-state index in [1.807, 2.05) is 18.2 Å². The van der Waals surface area contributed by atoms with Gasteiger partial charge >= 0.3 is 0 Å². The van der Waals surface area contributed by atoms with Gasteiger partial charge in [0.05, 0.1) is 19.2 Å². The molecule has 3 heteroatoms. The lowest BCUT2D eigenvalue weighted by molar-refractivity contribution is 0.0998. The van der Waals surface area contributed by atoms with E-state index in [2.05, 4.69) is 20.8 Å². The summed E-state index contributed by atoms with van der Waals surface area (Å²) in [6, 6.07) is 5.67. The van der Waals surface area contributed by atoms with E-state index in [-0.39, 0.29) is 17.7 Å². The molecule has 0 heterocycles. The van der Waals surface area contributed by atoms with Crippen LogP contribution in [0.3, 0.4) is 0 Å². The molecular weight excluding hydrogens is 202 g/mol. The average molecular weight is 221 g/mol. The van der Waals surface area contributed by atoms with Crippen LogP contribution in [0, 0.1) is 0 Å². The topological polar surface area (TPSA) is 52.3 Å². The number of hydrogen-bond donors (Lipinski definition) is 1. The molecule has 88 valence electrons.